The number of anilines is 1. The Hall–Kier alpha value is -1.07. The van der Waals surface area contributed by atoms with Crippen LogP contribution in [0.4, 0.5) is 5.00 Å². The zero-order valence-corrected chi connectivity index (χ0v) is 9.41. The van der Waals surface area contributed by atoms with Crippen LogP contribution < -0.4 is 5.32 Å². The molecule has 2 rings (SSSR count). The molecule has 2 aromatic rings. The topological polar surface area (TPSA) is 51.0 Å². The lowest BCUT2D eigenvalue weighted by atomic mass is 10.4. The zero-order valence-electron chi connectivity index (χ0n) is 7.77. The van der Waals surface area contributed by atoms with Crippen molar-refractivity contribution in [3.8, 4) is 10.8 Å². The van der Waals surface area contributed by atoms with Crippen LogP contribution in [-0.2, 0) is 0 Å². The Morgan fingerprint density at radius 3 is 2.71 bits per heavy atom. The first kappa shape index (κ1) is 11.0. The van der Waals surface area contributed by atoms with Crippen molar-refractivity contribution in [1.29, 1.82) is 0 Å². The van der Waals surface area contributed by atoms with Gasteiger partial charge in [0.25, 0.3) is 5.89 Å². The second kappa shape index (κ2) is 4.43. The molecule has 1 N–H and O–H groups in total. The monoisotopic (exact) mass is 231 g/mol. The van der Waals surface area contributed by atoms with Gasteiger partial charge < -0.3 is 9.84 Å². The van der Waals surface area contributed by atoms with E-state index in [1.54, 1.807) is 18.3 Å². The molecule has 0 aliphatic heterocycles. The van der Waals surface area contributed by atoms with Crippen molar-refractivity contribution in [1.82, 2.24) is 10.1 Å². The second-order valence-electron chi connectivity index (χ2n) is 2.56. The van der Waals surface area contributed by atoms with Gasteiger partial charge in [-0.15, -0.1) is 23.7 Å². The van der Waals surface area contributed by atoms with E-state index in [1.807, 2.05) is 19.2 Å². The lowest BCUT2D eigenvalue weighted by Crippen LogP contribution is -1.79. The molecule has 0 unspecified atom stereocenters. The normalized spacial score (nSPS) is 9.57. The highest BCUT2D eigenvalue weighted by Crippen LogP contribution is 2.29. The van der Waals surface area contributed by atoms with E-state index in [-0.39, 0.29) is 12.4 Å². The van der Waals surface area contributed by atoms with Crippen LogP contribution in [0.15, 0.2) is 16.7 Å². The van der Waals surface area contributed by atoms with E-state index in [2.05, 4.69) is 15.5 Å². The van der Waals surface area contributed by atoms with Crippen LogP contribution in [0.1, 0.15) is 5.82 Å². The van der Waals surface area contributed by atoms with Gasteiger partial charge >= 0.3 is 0 Å². The number of halogens is 1. The fourth-order valence-corrected chi connectivity index (χ4v) is 1.77. The van der Waals surface area contributed by atoms with Gasteiger partial charge in [0, 0.05) is 7.05 Å². The molecule has 0 saturated carbocycles. The van der Waals surface area contributed by atoms with Crippen molar-refractivity contribution in [2.24, 2.45) is 0 Å². The summed E-state index contributed by atoms with van der Waals surface area (Å²) in [5.74, 6) is 1.25. The number of aryl methyl sites for hydroxylation is 1. The maximum atomic E-state index is 5.03. The summed E-state index contributed by atoms with van der Waals surface area (Å²) in [7, 11) is 1.88. The third-order valence-electron chi connectivity index (χ3n) is 1.59. The lowest BCUT2D eigenvalue weighted by molar-refractivity contribution is 0.426. The van der Waals surface area contributed by atoms with Crippen molar-refractivity contribution in [3.05, 3.63) is 18.0 Å². The molecule has 0 aliphatic rings. The van der Waals surface area contributed by atoms with Crippen LogP contribution in [0, 0.1) is 6.92 Å². The zero-order chi connectivity index (χ0) is 9.26. The summed E-state index contributed by atoms with van der Waals surface area (Å²) in [5.41, 5.74) is 0. The van der Waals surface area contributed by atoms with E-state index in [4.69, 9.17) is 4.52 Å². The van der Waals surface area contributed by atoms with Gasteiger partial charge in [-0.2, -0.15) is 4.98 Å². The Bertz CT molecular complexity index is 412. The molecule has 0 saturated heterocycles. The van der Waals surface area contributed by atoms with Gasteiger partial charge in [0.1, 0.15) is 0 Å². The number of nitrogens with zero attached hydrogens (tertiary/aromatic N) is 2. The number of thiophene rings is 1. The molecular formula is C8H10ClN3OS. The maximum Gasteiger partial charge on any atom is 0.268 e. The third kappa shape index (κ3) is 2.05. The Balaban J connectivity index is 0.000000980. The first-order valence-electron chi connectivity index (χ1n) is 3.88. The second-order valence-corrected chi connectivity index (χ2v) is 3.64. The first-order chi connectivity index (χ1) is 6.29. The number of rotatable bonds is 2. The molecule has 76 valence electrons. The van der Waals surface area contributed by atoms with Gasteiger partial charge in [-0.25, -0.2) is 0 Å². The summed E-state index contributed by atoms with van der Waals surface area (Å²) < 4.78 is 5.03. The number of hydrogen-bond donors (Lipinski definition) is 1. The van der Waals surface area contributed by atoms with Gasteiger partial charge in [-0.1, -0.05) is 5.16 Å². The number of aromatic nitrogens is 2. The van der Waals surface area contributed by atoms with Crippen LogP contribution in [-0.4, -0.2) is 17.2 Å². The SMILES string of the molecule is CNc1ccc(-c2nc(C)no2)s1.Cl. The highest BCUT2D eigenvalue weighted by Gasteiger charge is 2.08. The van der Waals surface area contributed by atoms with E-state index in [0.29, 0.717) is 11.7 Å². The standard InChI is InChI=1S/C8H9N3OS.ClH/c1-5-10-8(12-11-5)6-3-4-7(9-2)13-6;/h3-4,9H,1-2H3;1H. The fourth-order valence-electron chi connectivity index (χ4n) is 0.984. The minimum Gasteiger partial charge on any atom is -0.380 e. The minimum absolute atomic E-state index is 0. The van der Waals surface area contributed by atoms with Crippen molar-refractivity contribution < 1.29 is 4.52 Å². The molecule has 2 heterocycles. The van der Waals surface area contributed by atoms with Crippen LogP contribution >= 0.6 is 23.7 Å². The number of nitrogens with one attached hydrogen (secondary N) is 1. The Morgan fingerprint density at radius 1 is 1.43 bits per heavy atom. The van der Waals surface area contributed by atoms with Crippen molar-refractivity contribution in [3.63, 3.8) is 0 Å². The summed E-state index contributed by atoms with van der Waals surface area (Å²) in [6, 6.07) is 3.95. The average Bonchev–Trinajstić information content (AvgIpc) is 2.71. The Morgan fingerprint density at radius 2 is 2.21 bits per heavy atom. The van der Waals surface area contributed by atoms with Gasteiger partial charge in [-0.3, -0.25) is 0 Å². The van der Waals surface area contributed by atoms with Gasteiger partial charge in [0.15, 0.2) is 5.82 Å². The molecule has 0 spiro atoms. The van der Waals surface area contributed by atoms with Crippen LogP contribution in [0.25, 0.3) is 10.8 Å². The van der Waals surface area contributed by atoms with Crippen molar-refractivity contribution in [2.45, 2.75) is 6.92 Å². The van der Waals surface area contributed by atoms with Crippen LogP contribution in [0.2, 0.25) is 0 Å². The molecule has 0 amide bonds. The summed E-state index contributed by atoms with van der Waals surface area (Å²) in [4.78, 5) is 5.12. The third-order valence-corrected chi connectivity index (χ3v) is 2.68. The van der Waals surface area contributed by atoms with E-state index in [9.17, 15) is 0 Å². The van der Waals surface area contributed by atoms with Crippen molar-refractivity contribution in [2.75, 3.05) is 12.4 Å². The molecule has 0 aromatic carbocycles. The molecule has 0 aliphatic carbocycles. The average molecular weight is 232 g/mol. The number of hydrogen-bond acceptors (Lipinski definition) is 5. The highest BCUT2D eigenvalue weighted by atomic mass is 35.5. The Labute approximate surface area is 91.7 Å². The van der Waals surface area contributed by atoms with E-state index < -0.39 is 0 Å². The largest absolute Gasteiger partial charge is 0.380 e. The van der Waals surface area contributed by atoms with Crippen LogP contribution in [0.3, 0.4) is 0 Å². The van der Waals surface area contributed by atoms with Gasteiger partial charge in [0.2, 0.25) is 0 Å². The molecule has 6 heteroatoms. The summed E-state index contributed by atoms with van der Waals surface area (Å²) >= 11 is 1.59. The minimum atomic E-state index is 0. The predicted molar refractivity (Wildman–Crippen MR) is 59.1 cm³/mol. The lowest BCUT2D eigenvalue weighted by Gasteiger charge is -1.88. The summed E-state index contributed by atoms with van der Waals surface area (Å²) in [6.45, 7) is 1.81. The molecule has 14 heavy (non-hydrogen) atoms. The summed E-state index contributed by atoms with van der Waals surface area (Å²) in [6.07, 6.45) is 0. The van der Waals surface area contributed by atoms with Gasteiger partial charge in [-0.05, 0) is 19.1 Å². The van der Waals surface area contributed by atoms with Gasteiger partial charge in [0.05, 0.1) is 9.88 Å². The molecule has 4 nitrogen and oxygen atoms in total. The maximum absolute atomic E-state index is 5.03. The predicted octanol–water partition coefficient (Wildman–Crippen LogP) is 2.57. The molecule has 2 aromatic heterocycles. The smallest absolute Gasteiger partial charge is 0.268 e. The fraction of sp³-hybridized carbons (Fsp3) is 0.250. The van der Waals surface area contributed by atoms with E-state index in [0.717, 1.165) is 9.88 Å². The molecule has 0 radical (unpaired) electrons. The first-order valence-corrected chi connectivity index (χ1v) is 4.69. The van der Waals surface area contributed by atoms with Crippen molar-refractivity contribution >= 4 is 28.7 Å². The quantitative estimate of drug-likeness (QED) is 0.863. The Kier molecular flexibility index (Phi) is 3.49. The molecule has 0 fully saturated rings. The highest BCUT2D eigenvalue weighted by molar-refractivity contribution is 7.19. The molecular weight excluding hydrogens is 222 g/mol. The molecule has 0 atom stereocenters. The molecule has 0 bridgehead atoms. The van der Waals surface area contributed by atoms with Crippen LogP contribution in [0.5, 0.6) is 0 Å². The summed E-state index contributed by atoms with van der Waals surface area (Å²) in [5, 5.41) is 7.87. The van der Waals surface area contributed by atoms with E-state index >= 15 is 0 Å². The van der Waals surface area contributed by atoms with E-state index in [1.165, 1.54) is 0 Å².